The number of likely N-dealkylation sites (tertiary alicyclic amines) is 1. The molecule has 0 radical (unpaired) electrons. The number of β-amino-alcohol motifs (C(OH)–C–C–N with tert-alkyl or cyclic N) is 1. The van der Waals surface area contributed by atoms with Crippen molar-refractivity contribution in [3.8, 4) is 0 Å². The number of carbonyl (C=O) groups is 1. The Morgan fingerprint density at radius 1 is 1.40 bits per heavy atom. The fourth-order valence-electron chi connectivity index (χ4n) is 2.87. The van der Waals surface area contributed by atoms with Gasteiger partial charge in [-0.2, -0.15) is 0 Å². The monoisotopic (exact) mass is 286 g/mol. The molecule has 0 aromatic rings. The van der Waals surface area contributed by atoms with Crippen molar-refractivity contribution in [2.24, 2.45) is 5.73 Å². The van der Waals surface area contributed by atoms with Gasteiger partial charge in [-0.25, -0.2) is 4.79 Å². The second kappa shape index (κ2) is 5.16. The summed E-state index contributed by atoms with van der Waals surface area (Å²) in [7, 11) is 0. The molecule has 0 spiro atoms. The van der Waals surface area contributed by atoms with Crippen LogP contribution in [-0.2, 0) is 9.47 Å². The average molecular weight is 286 g/mol. The van der Waals surface area contributed by atoms with Gasteiger partial charge in [0.25, 0.3) is 0 Å². The van der Waals surface area contributed by atoms with E-state index in [4.69, 9.17) is 15.2 Å². The fourth-order valence-corrected chi connectivity index (χ4v) is 2.87. The summed E-state index contributed by atoms with van der Waals surface area (Å²) in [5.41, 5.74) is 3.90. The smallest absolute Gasteiger partial charge is 0.410 e. The number of amides is 1. The molecule has 1 amide bonds. The van der Waals surface area contributed by atoms with Crippen molar-refractivity contribution in [3.05, 3.63) is 0 Å². The van der Waals surface area contributed by atoms with E-state index in [1.165, 1.54) is 0 Å². The number of hydrogen-bond donors (Lipinski definition) is 2. The predicted octanol–water partition coefficient (Wildman–Crippen LogP) is 0.866. The number of nitrogens with two attached hydrogens (primary N) is 1. The molecule has 2 unspecified atom stereocenters. The second-order valence-corrected chi connectivity index (χ2v) is 7.00. The average Bonchev–Trinajstić information content (AvgIpc) is 2.76. The van der Waals surface area contributed by atoms with E-state index < -0.39 is 22.8 Å². The highest BCUT2D eigenvalue weighted by Gasteiger charge is 2.52. The number of aliphatic hydroxyl groups is 1. The van der Waals surface area contributed by atoms with E-state index in [-0.39, 0.29) is 6.54 Å². The lowest BCUT2D eigenvalue weighted by molar-refractivity contribution is -0.0896. The second-order valence-electron chi connectivity index (χ2n) is 7.00. The largest absolute Gasteiger partial charge is 0.444 e. The summed E-state index contributed by atoms with van der Waals surface area (Å²) < 4.78 is 10.7. The van der Waals surface area contributed by atoms with Crippen LogP contribution in [0.15, 0.2) is 0 Å². The predicted molar refractivity (Wildman–Crippen MR) is 74.3 cm³/mol. The van der Waals surface area contributed by atoms with Crippen molar-refractivity contribution in [1.29, 1.82) is 0 Å². The first-order chi connectivity index (χ1) is 9.15. The number of ether oxygens (including phenoxy) is 2. The number of rotatable bonds is 1. The maximum Gasteiger partial charge on any atom is 0.410 e. The lowest BCUT2D eigenvalue weighted by Crippen LogP contribution is -2.68. The molecule has 0 aliphatic carbocycles. The van der Waals surface area contributed by atoms with Gasteiger partial charge in [0.15, 0.2) is 0 Å². The van der Waals surface area contributed by atoms with Crippen LogP contribution in [0.1, 0.15) is 40.0 Å². The van der Waals surface area contributed by atoms with E-state index in [0.717, 1.165) is 0 Å². The zero-order valence-electron chi connectivity index (χ0n) is 12.6. The fraction of sp³-hybridized carbons (Fsp3) is 0.929. The van der Waals surface area contributed by atoms with Gasteiger partial charge in [-0.15, -0.1) is 0 Å². The van der Waals surface area contributed by atoms with Gasteiger partial charge < -0.3 is 25.2 Å². The van der Waals surface area contributed by atoms with Crippen LogP contribution in [0.2, 0.25) is 0 Å². The molecule has 2 aliphatic heterocycles. The van der Waals surface area contributed by atoms with Gasteiger partial charge >= 0.3 is 6.09 Å². The van der Waals surface area contributed by atoms with Crippen molar-refractivity contribution < 1.29 is 19.4 Å². The first-order valence-corrected chi connectivity index (χ1v) is 7.22. The minimum atomic E-state index is -1.10. The van der Waals surface area contributed by atoms with Crippen LogP contribution in [0.5, 0.6) is 0 Å². The number of carbonyl (C=O) groups excluding carboxylic acids is 1. The van der Waals surface area contributed by atoms with Crippen molar-refractivity contribution in [2.75, 3.05) is 26.3 Å². The summed E-state index contributed by atoms with van der Waals surface area (Å²) in [6, 6.07) is 0. The van der Waals surface area contributed by atoms with Crippen molar-refractivity contribution in [3.63, 3.8) is 0 Å². The topological polar surface area (TPSA) is 85.0 Å². The Morgan fingerprint density at radius 3 is 2.65 bits per heavy atom. The van der Waals surface area contributed by atoms with E-state index in [1.54, 1.807) is 4.90 Å². The van der Waals surface area contributed by atoms with Crippen LogP contribution in [-0.4, -0.2) is 59.1 Å². The SMILES string of the molecule is CC(C)(C)OC(=O)N1CCCC(O)(C2(N)CCOC2)C1. The maximum atomic E-state index is 12.1. The molecular formula is C14H26N2O4. The highest BCUT2D eigenvalue weighted by Crippen LogP contribution is 2.35. The lowest BCUT2D eigenvalue weighted by Gasteiger charge is -2.47. The third-order valence-electron chi connectivity index (χ3n) is 4.10. The Hall–Kier alpha value is -0.850. The van der Waals surface area contributed by atoms with Crippen LogP contribution < -0.4 is 5.73 Å². The standard InChI is InChI=1S/C14H26N2O4/c1-12(2,3)20-11(17)16-7-4-5-14(18,9-16)13(15)6-8-19-10-13/h18H,4-10,15H2,1-3H3. The van der Waals surface area contributed by atoms with E-state index in [2.05, 4.69) is 0 Å². The molecule has 2 rings (SSSR count). The molecular weight excluding hydrogens is 260 g/mol. The quantitative estimate of drug-likeness (QED) is 0.747. The number of piperidine rings is 1. The molecule has 20 heavy (non-hydrogen) atoms. The molecule has 2 heterocycles. The summed E-state index contributed by atoms with van der Waals surface area (Å²) >= 11 is 0. The molecule has 3 N–H and O–H groups in total. The van der Waals surface area contributed by atoms with Crippen LogP contribution in [0.25, 0.3) is 0 Å². The van der Waals surface area contributed by atoms with Crippen LogP contribution >= 0.6 is 0 Å². The minimum absolute atomic E-state index is 0.210. The van der Waals surface area contributed by atoms with E-state index in [9.17, 15) is 9.90 Å². The summed E-state index contributed by atoms with van der Waals surface area (Å²) in [6.07, 6.45) is 1.53. The molecule has 2 fully saturated rings. The molecule has 0 bridgehead atoms. The van der Waals surface area contributed by atoms with Crippen LogP contribution in [0.4, 0.5) is 4.79 Å². The normalized spacial score (nSPS) is 35.1. The zero-order valence-corrected chi connectivity index (χ0v) is 12.6. The minimum Gasteiger partial charge on any atom is -0.444 e. The molecule has 6 nitrogen and oxygen atoms in total. The van der Waals surface area contributed by atoms with E-state index in [0.29, 0.717) is 39.0 Å². The van der Waals surface area contributed by atoms with Crippen LogP contribution in [0, 0.1) is 0 Å². The Morgan fingerprint density at radius 2 is 2.10 bits per heavy atom. The third kappa shape index (κ3) is 3.07. The molecule has 0 saturated carbocycles. The highest BCUT2D eigenvalue weighted by molar-refractivity contribution is 5.68. The Labute approximate surface area is 120 Å². The zero-order chi connectivity index (χ0) is 15.0. The first-order valence-electron chi connectivity index (χ1n) is 7.22. The summed E-state index contributed by atoms with van der Waals surface area (Å²) in [4.78, 5) is 13.7. The van der Waals surface area contributed by atoms with Crippen LogP contribution in [0.3, 0.4) is 0 Å². The van der Waals surface area contributed by atoms with Gasteiger partial charge in [-0.05, 0) is 40.0 Å². The Bertz CT molecular complexity index is 374. The third-order valence-corrected chi connectivity index (χ3v) is 4.10. The molecule has 2 atom stereocenters. The summed E-state index contributed by atoms with van der Waals surface area (Å²) in [5, 5.41) is 10.9. The van der Waals surface area contributed by atoms with Gasteiger partial charge in [0.05, 0.1) is 18.7 Å². The Kier molecular flexibility index (Phi) is 4.01. The molecule has 2 saturated heterocycles. The lowest BCUT2D eigenvalue weighted by atomic mass is 9.74. The molecule has 6 heteroatoms. The molecule has 0 aromatic heterocycles. The highest BCUT2D eigenvalue weighted by atomic mass is 16.6. The molecule has 0 aromatic carbocycles. The number of nitrogens with zero attached hydrogens (tertiary/aromatic N) is 1. The van der Waals surface area contributed by atoms with E-state index >= 15 is 0 Å². The van der Waals surface area contributed by atoms with Gasteiger partial charge in [-0.1, -0.05) is 0 Å². The van der Waals surface area contributed by atoms with Crippen molar-refractivity contribution >= 4 is 6.09 Å². The van der Waals surface area contributed by atoms with E-state index in [1.807, 2.05) is 20.8 Å². The summed E-state index contributed by atoms with van der Waals surface area (Å²) in [5.74, 6) is 0. The van der Waals surface area contributed by atoms with Gasteiger partial charge in [0.1, 0.15) is 11.2 Å². The van der Waals surface area contributed by atoms with Gasteiger partial charge in [-0.3, -0.25) is 0 Å². The number of hydrogen-bond acceptors (Lipinski definition) is 5. The Balaban J connectivity index is 2.06. The first kappa shape index (κ1) is 15.5. The molecule has 2 aliphatic rings. The summed E-state index contributed by atoms with van der Waals surface area (Å²) in [6.45, 7) is 7.19. The van der Waals surface area contributed by atoms with Gasteiger partial charge in [0.2, 0.25) is 0 Å². The van der Waals surface area contributed by atoms with Crippen molar-refractivity contribution in [1.82, 2.24) is 4.90 Å². The molecule has 116 valence electrons. The maximum absolute atomic E-state index is 12.1. The van der Waals surface area contributed by atoms with Crippen molar-refractivity contribution in [2.45, 2.75) is 56.8 Å². The van der Waals surface area contributed by atoms with Gasteiger partial charge in [0, 0.05) is 13.2 Å².